The topological polar surface area (TPSA) is 151 Å². The molecule has 1 aliphatic heterocycles. The van der Waals surface area contributed by atoms with Crippen LogP contribution in [-0.2, 0) is 24.9 Å². The minimum Gasteiger partial charge on any atom is -0.481 e. The summed E-state index contributed by atoms with van der Waals surface area (Å²) in [5, 5.41) is 14.7. The number of hydrogen-bond acceptors (Lipinski definition) is 8. The number of thioether (sulfide) groups is 1. The van der Waals surface area contributed by atoms with Crippen LogP contribution in [0.5, 0.6) is 0 Å². The van der Waals surface area contributed by atoms with Gasteiger partial charge < -0.3 is 20.6 Å². The van der Waals surface area contributed by atoms with Crippen LogP contribution in [0, 0.1) is 0 Å². The Kier molecular flexibility index (Phi) is 10.2. The minimum atomic E-state index is -1.22. The fraction of sp³-hybridized carbons (Fsp3) is 0.440. The van der Waals surface area contributed by atoms with Crippen LogP contribution in [0.3, 0.4) is 0 Å². The first-order valence-electron chi connectivity index (χ1n) is 12.1. The van der Waals surface area contributed by atoms with Crippen LogP contribution in [0.15, 0.2) is 47.5 Å². The van der Waals surface area contributed by atoms with Gasteiger partial charge in [0.1, 0.15) is 6.04 Å². The molecule has 1 aromatic heterocycles. The van der Waals surface area contributed by atoms with Crippen LogP contribution >= 0.6 is 11.8 Å². The molecule has 2 amide bonds. The number of carbonyl (C=O) groups is 4. The third kappa shape index (κ3) is 7.91. The third-order valence-electron chi connectivity index (χ3n) is 5.94. The van der Waals surface area contributed by atoms with Crippen molar-refractivity contribution in [2.24, 2.45) is 0 Å². The van der Waals surface area contributed by atoms with Gasteiger partial charge in [-0.25, -0.2) is 4.98 Å². The van der Waals surface area contributed by atoms with Crippen LogP contribution in [0.25, 0.3) is 0 Å². The maximum absolute atomic E-state index is 13.1. The molecule has 2 atom stereocenters. The molecule has 2 aromatic rings. The Bertz CT molecular complexity index is 1170. The van der Waals surface area contributed by atoms with E-state index in [0.717, 1.165) is 12.0 Å². The summed E-state index contributed by atoms with van der Waals surface area (Å²) in [6.45, 7) is 2.43. The second-order valence-electron chi connectivity index (χ2n) is 8.61. The lowest BCUT2D eigenvalue weighted by atomic mass is 10.1. The minimum absolute atomic E-state index is 0.00867. The van der Waals surface area contributed by atoms with Crippen LogP contribution in [0.2, 0.25) is 0 Å². The summed E-state index contributed by atoms with van der Waals surface area (Å²) >= 11 is 1.33. The Morgan fingerprint density at radius 3 is 2.59 bits per heavy atom. The number of ketones is 1. The first-order valence-corrected chi connectivity index (χ1v) is 13.2. The van der Waals surface area contributed by atoms with Crippen LogP contribution < -0.4 is 16.2 Å². The van der Waals surface area contributed by atoms with Crippen molar-refractivity contribution in [2.45, 2.75) is 50.4 Å². The summed E-state index contributed by atoms with van der Waals surface area (Å²) in [4.78, 5) is 67.8. The second-order valence-corrected chi connectivity index (χ2v) is 9.60. The van der Waals surface area contributed by atoms with Crippen molar-refractivity contribution in [1.29, 1.82) is 0 Å². The predicted octanol–water partition coefficient (Wildman–Crippen LogP) is 1.65. The van der Waals surface area contributed by atoms with E-state index in [4.69, 9.17) is 0 Å². The van der Waals surface area contributed by atoms with Gasteiger partial charge in [-0.3, -0.25) is 28.5 Å². The van der Waals surface area contributed by atoms with E-state index in [1.807, 2.05) is 30.3 Å². The summed E-state index contributed by atoms with van der Waals surface area (Å²) in [5.41, 5.74) is 0.469. The molecular weight excluding hydrogens is 498 g/mol. The van der Waals surface area contributed by atoms with Crippen molar-refractivity contribution >= 4 is 41.1 Å². The summed E-state index contributed by atoms with van der Waals surface area (Å²) in [6.07, 6.45) is 3.61. The number of amides is 2. The van der Waals surface area contributed by atoms with Gasteiger partial charge in [-0.2, -0.15) is 0 Å². The predicted molar refractivity (Wildman–Crippen MR) is 139 cm³/mol. The fourth-order valence-electron chi connectivity index (χ4n) is 3.97. The van der Waals surface area contributed by atoms with E-state index in [9.17, 15) is 29.1 Å². The Balaban J connectivity index is 1.66. The number of Topliss-reactive ketones (excluding diaryl/α,β-unsaturated/α-hetero) is 1. The SMILES string of the molecule is CCC(C(=O)N[C@@H](CC(=O)O)C(=O)CSCc1ccccc1)n1ccnc(NCN2CCCC2=O)c1=O. The van der Waals surface area contributed by atoms with Gasteiger partial charge in [-0.1, -0.05) is 37.3 Å². The molecule has 1 fully saturated rings. The average Bonchev–Trinajstić information content (AvgIpc) is 3.29. The highest BCUT2D eigenvalue weighted by atomic mass is 32.2. The van der Waals surface area contributed by atoms with E-state index >= 15 is 0 Å². The number of nitrogens with zero attached hydrogens (tertiary/aromatic N) is 3. The number of rotatable bonds is 14. The highest BCUT2D eigenvalue weighted by molar-refractivity contribution is 7.99. The van der Waals surface area contributed by atoms with Crippen molar-refractivity contribution in [3.8, 4) is 0 Å². The highest BCUT2D eigenvalue weighted by Crippen LogP contribution is 2.15. The van der Waals surface area contributed by atoms with Crippen LogP contribution in [0.4, 0.5) is 5.82 Å². The Hall–Kier alpha value is -3.67. The summed E-state index contributed by atoms with van der Waals surface area (Å²) in [6, 6.07) is 7.33. The first kappa shape index (κ1) is 27.9. The lowest BCUT2D eigenvalue weighted by Gasteiger charge is -2.22. The molecule has 0 bridgehead atoms. The summed E-state index contributed by atoms with van der Waals surface area (Å²) in [7, 11) is 0. The van der Waals surface area contributed by atoms with Crippen molar-refractivity contribution < 1.29 is 24.3 Å². The third-order valence-corrected chi connectivity index (χ3v) is 6.97. The van der Waals surface area contributed by atoms with Gasteiger partial charge >= 0.3 is 5.97 Å². The fourth-order valence-corrected chi connectivity index (χ4v) is 4.91. The van der Waals surface area contributed by atoms with Gasteiger partial charge in [0.25, 0.3) is 5.56 Å². The number of benzene rings is 1. The zero-order valence-corrected chi connectivity index (χ0v) is 21.4. The van der Waals surface area contributed by atoms with Gasteiger partial charge in [0.2, 0.25) is 11.8 Å². The smallest absolute Gasteiger partial charge is 0.305 e. The van der Waals surface area contributed by atoms with Crippen molar-refractivity contribution in [1.82, 2.24) is 19.8 Å². The second kappa shape index (κ2) is 13.6. The number of carbonyl (C=O) groups excluding carboxylic acids is 3. The Morgan fingerprint density at radius 1 is 1.19 bits per heavy atom. The maximum Gasteiger partial charge on any atom is 0.305 e. The van der Waals surface area contributed by atoms with Gasteiger partial charge in [-0.15, -0.1) is 11.8 Å². The van der Waals surface area contributed by atoms with E-state index in [1.54, 1.807) is 11.8 Å². The first-order chi connectivity index (χ1) is 17.8. The molecule has 0 aliphatic carbocycles. The normalized spacial score (nSPS) is 14.7. The maximum atomic E-state index is 13.1. The molecule has 1 aromatic carbocycles. The van der Waals surface area contributed by atoms with Crippen molar-refractivity contribution in [2.75, 3.05) is 24.3 Å². The van der Waals surface area contributed by atoms with E-state index in [0.29, 0.717) is 18.7 Å². The van der Waals surface area contributed by atoms with Gasteiger partial charge in [0.15, 0.2) is 11.6 Å². The van der Waals surface area contributed by atoms with E-state index in [1.165, 1.54) is 28.7 Å². The van der Waals surface area contributed by atoms with Gasteiger partial charge in [0, 0.05) is 31.1 Å². The average molecular weight is 530 g/mol. The molecule has 0 radical (unpaired) electrons. The molecule has 3 rings (SSSR count). The zero-order chi connectivity index (χ0) is 26.8. The lowest BCUT2D eigenvalue weighted by Crippen LogP contribution is -2.47. The molecule has 0 spiro atoms. The summed E-state index contributed by atoms with van der Waals surface area (Å²) in [5.74, 6) is -1.68. The molecule has 1 unspecified atom stereocenters. The molecule has 3 N–H and O–H groups in total. The van der Waals surface area contributed by atoms with Gasteiger partial charge in [-0.05, 0) is 18.4 Å². The number of hydrogen-bond donors (Lipinski definition) is 3. The standard InChI is InChI=1S/C25H31N5O6S/c1-2-19(30-12-10-26-23(25(30)36)27-16-29-11-6-9-21(29)32)24(35)28-18(13-22(33)34)20(31)15-37-14-17-7-4-3-5-8-17/h3-5,7-8,10,12,18-19H,2,6,9,11,13-16H2,1H3,(H,26,27)(H,28,35)(H,33,34)/t18-,19?/m0/s1. The number of likely N-dealkylation sites (tertiary alicyclic amines) is 1. The van der Waals surface area contributed by atoms with Crippen molar-refractivity contribution in [3.63, 3.8) is 0 Å². The highest BCUT2D eigenvalue weighted by Gasteiger charge is 2.28. The quantitative estimate of drug-likeness (QED) is 0.332. The number of nitrogens with one attached hydrogen (secondary N) is 2. The van der Waals surface area contributed by atoms with Crippen LogP contribution in [-0.4, -0.2) is 68.1 Å². The number of aromatic nitrogens is 2. The molecule has 2 heterocycles. The molecule has 0 saturated carbocycles. The lowest BCUT2D eigenvalue weighted by molar-refractivity contribution is -0.140. The molecular formula is C25H31N5O6S. The number of carboxylic acids is 1. The molecule has 198 valence electrons. The summed E-state index contributed by atoms with van der Waals surface area (Å²) < 4.78 is 1.20. The van der Waals surface area contributed by atoms with E-state index in [2.05, 4.69) is 15.6 Å². The molecule has 12 heteroatoms. The molecule has 37 heavy (non-hydrogen) atoms. The zero-order valence-electron chi connectivity index (χ0n) is 20.6. The number of aliphatic carboxylic acids is 1. The Labute approximate surface area is 218 Å². The van der Waals surface area contributed by atoms with Crippen LogP contribution in [0.1, 0.15) is 44.2 Å². The largest absolute Gasteiger partial charge is 0.481 e. The molecule has 1 saturated heterocycles. The Morgan fingerprint density at radius 2 is 1.95 bits per heavy atom. The van der Waals surface area contributed by atoms with Crippen molar-refractivity contribution in [3.05, 3.63) is 58.6 Å². The monoisotopic (exact) mass is 529 g/mol. The number of carboxylic acid groups (broad SMARTS) is 1. The molecule has 1 aliphatic rings. The van der Waals surface area contributed by atoms with E-state index < -0.39 is 41.7 Å². The van der Waals surface area contributed by atoms with Gasteiger partial charge in [0.05, 0.1) is 24.9 Å². The number of anilines is 1. The van der Waals surface area contributed by atoms with E-state index in [-0.39, 0.29) is 30.6 Å². The molecule has 11 nitrogen and oxygen atoms in total.